The molecule has 0 atom stereocenters. The van der Waals surface area contributed by atoms with Gasteiger partial charge in [-0.2, -0.15) is 0 Å². The van der Waals surface area contributed by atoms with Gasteiger partial charge in [0.15, 0.2) is 0 Å². The SMILES string of the molecule is C=Cc1ccc(Br)cc1.[H-].[H-].[Mg+2]. The molecule has 0 unspecified atom stereocenters. The Morgan fingerprint density at radius 3 is 2.20 bits per heavy atom. The van der Waals surface area contributed by atoms with Crippen LogP contribution in [-0.2, 0) is 0 Å². The van der Waals surface area contributed by atoms with Crippen LogP contribution in [0.4, 0.5) is 0 Å². The molecular formula is C8H9BrMg. The second-order valence-corrected chi connectivity index (χ2v) is 2.67. The van der Waals surface area contributed by atoms with Crippen molar-refractivity contribution in [3.05, 3.63) is 40.9 Å². The molecule has 0 saturated heterocycles. The van der Waals surface area contributed by atoms with Gasteiger partial charge in [-0.05, 0) is 17.7 Å². The minimum absolute atomic E-state index is 0. The van der Waals surface area contributed by atoms with Gasteiger partial charge in [0.2, 0.25) is 0 Å². The molecule has 0 aliphatic rings. The first-order chi connectivity index (χ1) is 4.33. The molecule has 0 fully saturated rings. The Hall–Kier alpha value is 0.206. The average molecular weight is 209 g/mol. The number of rotatable bonds is 1. The molecule has 0 amide bonds. The summed E-state index contributed by atoms with van der Waals surface area (Å²) in [6, 6.07) is 8.02. The molecule has 0 heterocycles. The molecule has 1 aromatic carbocycles. The molecule has 0 spiro atoms. The van der Waals surface area contributed by atoms with Crippen molar-refractivity contribution >= 4 is 45.1 Å². The summed E-state index contributed by atoms with van der Waals surface area (Å²) in [4.78, 5) is 0. The van der Waals surface area contributed by atoms with Crippen LogP contribution in [0.25, 0.3) is 6.08 Å². The topological polar surface area (TPSA) is 0 Å². The second-order valence-electron chi connectivity index (χ2n) is 1.76. The van der Waals surface area contributed by atoms with E-state index in [1.807, 2.05) is 30.3 Å². The maximum absolute atomic E-state index is 3.65. The van der Waals surface area contributed by atoms with Gasteiger partial charge in [0.25, 0.3) is 0 Å². The smallest absolute Gasteiger partial charge is 1.00 e. The zero-order valence-corrected chi connectivity index (χ0v) is 8.68. The minimum atomic E-state index is 0. The quantitative estimate of drug-likeness (QED) is 0.624. The zero-order valence-electron chi connectivity index (χ0n) is 7.68. The zero-order chi connectivity index (χ0) is 6.69. The summed E-state index contributed by atoms with van der Waals surface area (Å²) in [6.07, 6.45) is 1.83. The van der Waals surface area contributed by atoms with Crippen molar-refractivity contribution in [3.8, 4) is 0 Å². The summed E-state index contributed by atoms with van der Waals surface area (Å²) in [5, 5.41) is 0. The fourth-order valence-electron chi connectivity index (χ4n) is 0.599. The Morgan fingerprint density at radius 1 is 1.30 bits per heavy atom. The van der Waals surface area contributed by atoms with Gasteiger partial charge in [-0.1, -0.05) is 40.7 Å². The largest absolute Gasteiger partial charge is 2.00 e. The van der Waals surface area contributed by atoms with E-state index in [1.165, 1.54) is 0 Å². The average Bonchev–Trinajstić information content (AvgIpc) is 1.90. The first-order valence-corrected chi connectivity index (χ1v) is 3.50. The Labute approximate surface area is 88.6 Å². The van der Waals surface area contributed by atoms with Crippen molar-refractivity contribution in [2.24, 2.45) is 0 Å². The van der Waals surface area contributed by atoms with Gasteiger partial charge in [0, 0.05) is 4.47 Å². The Kier molecular flexibility index (Phi) is 5.04. The molecule has 1 rings (SSSR count). The second kappa shape index (κ2) is 4.94. The van der Waals surface area contributed by atoms with Crippen molar-refractivity contribution in [3.63, 3.8) is 0 Å². The van der Waals surface area contributed by atoms with E-state index in [-0.39, 0.29) is 25.9 Å². The summed E-state index contributed by atoms with van der Waals surface area (Å²) in [5.41, 5.74) is 1.15. The van der Waals surface area contributed by atoms with E-state index in [0.29, 0.717) is 0 Å². The van der Waals surface area contributed by atoms with E-state index >= 15 is 0 Å². The summed E-state index contributed by atoms with van der Waals surface area (Å²) in [7, 11) is 0. The number of hydrogen-bond acceptors (Lipinski definition) is 0. The van der Waals surface area contributed by atoms with Crippen LogP contribution in [-0.4, -0.2) is 23.1 Å². The molecule has 0 N–H and O–H groups in total. The standard InChI is InChI=1S/C8H7Br.Mg.2H/c1-2-7-3-5-8(9)6-4-7;;;/h2-6H,1H2;;;/q;+2;2*-1. The molecule has 0 aliphatic carbocycles. The van der Waals surface area contributed by atoms with Gasteiger partial charge < -0.3 is 2.85 Å². The molecule has 0 radical (unpaired) electrons. The molecule has 0 bridgehead atoms. The molecule has 0 nitrogen and oxygen atoms in total. The van der Waals surface area contributed by atoms with Crippen LogP contribution in [0.1, 0.15) is 8.42 Å². The molecule has 0 aromatic heterocycles. The van der Waals surface area contributed by atoms with Gasteiger partial charge in [0.1, 0.15) is 0 Å². The van der Waals surface area contributed by atoms with Crippen molar-refractivity contribution in [2.75, 3.05) is 0 Å². The van der Waals surface area contributed by atoms with Crippen molar-refractivity contribution in [2.45, 2.75) is 0 Å². The number of hydrogen-bond donors (Lipinski definition) is 0. The van der Waals surface area contributed by atoms with Crippen molar-refractivity contribution < 1.29 is 2.85 Å². The van der Waals surface area contributed by atoms with E-state index in [9.17, 15) is 0 Å². The predicted octanol–water partition coefficient (Wildman–Crippen LogP) is 2.94. The minimum Gasteiger partial charge on any atom is -1.00 e. The number of halogens is 1. The fourth-order valence-corrected chi connectivity index (χ4v) is 0.863. The predicted molar refractivity (Wildman–Crippen MR) is 52.2 cm³/mol. The van der Waals surface area contributed by atoms with Crippen LogP contribution in [0.2, 0.25) is 0 Å². The maximum Gasteiger partial charge on any atom is 2.00 e. The van der Waals surface area contributed by atoms with Crippen LogP contribution < -0.4 is 0 Å². The summed E-state index contributed by atoms with van der Waals surface area (Å²) in [5.74, 6) is 0. The van der Waals surface area contributed by atoms with E-state index in [1.54, 1.807) is 0 Å². The maximum atomic E-state index is 3.65. The van der Waals surface area contributed by atoms with Crippen LogP contribution in [0.15, 0.2) is 35.3 Å². The summed E-state index contributed by atoms with van der Waals surface area (Å²) < 4.78 is 1.10. The Bertz CT molecular complexity index is 211. The molecule has 50 valence electrons. The third-order valence-electron chi connectivity index (χ3n) is 1.11. The van der Waals surface area contributed by atoms with Crippen LogP contribution in [0, 0.1) is 0 Å². The normalized spacial score (nSPS) is 8.10. The third kappa shape index (κ3) is 2.86. The Balaban J connectivity index is -0.000000270. The van der Waals surface area contributed by atoms with Crippen molar-refractivity contribution in [1.29, 1.82) is 0 Å². The van der Waals surface area contributed by atoms with Crippen LogP contribution in [0.5, 0.6) is 0 Å². The van der Waals surface area contributed by atoms with Crippen LogP contribution in [0.3, 0.4) is 0 Å². The van der Waals surface area contributed by atoms with Gasteiger partial charge in [-0.25, -0.2) is 0 Å². The first-order valence-electron chi connectivity index (χ1n) is 2.71. The fraction of sp³-hybridized carbons (Fsp3) is 0. The van der Waals surface area contributed by atoms with E-state index in [0.717, 1.165) is 10.0 Å². The van der Waals surface area contributed by atoms with Gasteiger partial charge in [0.05, 0.1) is 0 Å². The van der Waals surface area contributed by atoms with Gasteiger partial charge in [-0.3, -0.25) is 0 Å². The van der Waals surface area contributed by atoms with E-state index in [2.05, 4.69) is 22.5 Å². The van der Waals surface area contributed by atoms with Crippen molar-refractivity contribution in [1.82, 2.24) is 0 Å². The third-order valence-corrected chi connectivity index (χ3v) is 1.63. The monoisotopic (exact) mass is 208 g/mol. The Morgan fingerprint density at radius 2 is 1.80 bits per heavy atom. The molecule has 0 aliphatic heterocycles. The summed E-state index contributed by atoms with van der Waals surface area (Å²) in [6.45, 7) is 3.65. The van der Waals surface area contributed by atoms with Gasteiger partial charge in [-0.15, -0.1) is 0 Å². The first kappa shape index (κ1) is 10.2. The number of benzene rings is 1. The molecule has 0 saturated carbocycles. The molecule has 2 heteroatoms. The molecule has 10 heavy (non-hydrogen) atoms. The molecule has 1 aromatic rings. The van der Waals surface area contributed by atoms with Crippen LogP contribution >= 0.6 is 15.9 Å². The van der Waals surface area contributed by atoms with Gasteiger partial charge >= 0.3 is 23.1 Å². The van der Waals surface area contributed by atoms with E-state index < -0.39 is 0 Å². The summed E-state index contributed by atoms with van der Waals surface area (Å²) >= 11 is 3.34. The molecular weight excluding hydrogens is 200 g/mol. The van der Waals surface area contributed by atoms with E-state index in [4.69, 9.17) is 0 Å².